The molecular weight excluding hydrogens is 422 g/mol. The molecule has 3 aromatic rings. The van der Waals surface area contributed by atoms with Crippen molar-refractivity contribution < 1.29 is 9.53 Å². The molecule has 32 heavy (non-hydrogen) atoms. The maximum Gasteiger partial charge on any atom is 0.225 e. The van der Waals surface area contributed by atoms with E-state index in [-0.39, 0.29) is 11.8 Å². The van der Waals surface area contributed by atoms with Gasteiger partial charge in [-0.3, -0.25) is 9.79 Å². The lowest BCUT2D eigenvalue weighted by atomic mass is 9.87. The first-order valence-corrected chi connectivity index (χ1v) is 11.9. The van der Waals surface area contributed by atoms with E-state index in [0.717, 1.165) is 70.8 Å². The number of benzene rings is 1. The summed E-state index contributed by atoms with van der Waals surface area (Å²) in [7, 11) is 3.59. The third-order valence-corrected chi connectivity index (χ3v) is 7.50. The van der Waals surface area contributed by atoms with Gasteiger partial charge in [-0.05, 0) is 54.5 Å². The minimum absolute atomic E-state index is 0.0487. The first-order valence-electron chi connectivity index (χ1n) is 11.1. The molecule has 0 radical (unpaired) electrons. The molecule has 1 N–H and O–H groups in total. The van der Waals surface area contributed by atoms with E-state index >= 15 is 0 Å². The number of aromatic nitrogens is 2. The summed E-state index contributed by atoms with van der Waals surface area (Å²) in [6.07, 6.45) is 6.98. The first kappa shape index (κ1) is 20.9. The Hall–Kier alpha value is -3.00. The smallest absolute Gasteiger partial charge is 0.225 e. The maximum absolute atomic E-state index is 12.9. The van der Waals surface area contributed by atoms with Crippen molar-refractivity contribution in [3.8, 4) is 5.75 Å². The number of hydrogen-bond donors (Lipinski definition) is 1. The summed E-state index contributed by atoms with van der Waals surface area (Å²) in [5, 5.41) is 4.56. The second-order valence-electron chi connectivity index (χ2n) is 8.45. The van der Waals surface area contributed by atoms with Crippen LogP contribution in [0.3, 0.4) is 0 Å². The van der Waals surface area contributed by atoms with Gasteiger partial charge in [-0.1, -0.05) is 6.92 Å². The molecule has 8 heteroatoms. The zero-order valence-electron chi connectivity index (χ0n) is 18.6. The van der Waals surface area contributed by atoms with Crippen LogP contribution in [0.15, 0.2) is 23.5 Å². The Morgan fingerprint density at radius 2 is 2.22 bits per heavy atom. The SMILES string of the molecule is CCCN(C)C(=O)[C@H]1CCc2c(sc3ncnc(Nc4cc5c(cc4OC)CN=C5)c23)C1. The number of nitrogens with one attached hydrogen (secondary N) is 1. The molecule has 0 fully saturated rings. The Kier molecular flexibility index (Phi) is 5.55. The Labute approximate surface area is 191 Å². The summed E-state index contributed by atoms with van der Waals surface area (Å²) in [6.45, 7) is 3.60. The zero-order chi connectivity index (χ0) is 22.2. The number of aryl methyl sites for hydroxylation is 1. The maximum atomic E-state index is 12.9. The summed E-state index contributed by atoms with van der Waals surface area (Å²) in [4.78, 5) is 30.4. The van der Waals surface area contributed by atoms with Gasteiger partial charge in [0.15, 0.2) is 0 Å². The highest BCUT2D eigenvalue weighted by molar-refractivity contribution is 7.19. The highest BCUT2D eigenvalue weighted by Gasteiger charge is 2.30. The fourth-order valence-corrected chi connectivity index (χ4v) is 5.97. The normalized spacial score (nSPS) is 16.7. The molecule has 2 aliphatic rings. The van der Waals surface area contributed by atoms with Crippen molar-refractivity contribution >= 4 is 45.2 Å². The quantitative estimate of drug-likeness (QED) is 0.605. The number of nitrogens with zero attached hydrogens (tertiary/aromatic N) is 4. The lowest BCUT2D eigenvalue weighted by Crippen LogP contribution is -2.35. The van der Waals surface area contributed by atoms with Crippen molar-refractivity contribution in [3.63, 3.8) is 0 Å². The number of hydrogen-bond acceptors (Lipinski definition) is 7. The average Bonchev–Trinajstić information content (AvgIpc) is 3.41. The highest BCUT2D eigenvalue weighted by atomic mass is 32.1. The van der Waals surface area contributed by atoms with Gasteiger partial charge in [0.1, 0.15) is 22.7 Å². The predicted molar refractivity (Wildman–Crippen MR) is 128 cm³/mol. The molecule has 1 aliphatic carbocycles. The van der Waals surface area contributed by atoms with E-state index in [9.17, 15) is 4.79 Å². The molecule has 1 aliphatic heterocycles. The molecular formula is C24H27N5O2S. The van der Waals surface area contributed by atoms with Crippen molar-refractivity contribution in [2.24, 2.45) is 10.9 Å². The predicted octanol–water partition coefficient (Wildman–Crippen LogP) is 4.35. The van der Waals surface area contributed by atoms with E-state index in [4.69, 9.17) is 4.74 Å². The second-order valence-corrected chi connectivity index (χ2v) is 9.54. The number of fused-ring (bicyclic) bond motifs is 4. The Bertz CT molecular complexity index is 1220. The van der Waals surface area contributed by atoms with Gasteiger partial charge in [0, 0.05) is 30.6 Å². The van der Waals surface area contributed by atoms with Gasteiger partial charge in [-0.25, -0.2) is 9.97 Å². The number of aliphatic imine (C=N–C) groups is 1. The number of anilines is 2. The van der Waals surface area contributed by atoms with Crippen LogP contribution in [0.1, 0.15) is 41.3 Å². The van der Waals surface area contributed by atoms with Gasteiger partial charge in [-0.15, -0.1) is 11.3 Å². The lowest BCUT2D eigenvalue weighted by molar-refractivity contribution is -0.134. The summed E-state index contributed by atoms with van der Waals surface area (Å²) in [6, 6.07) is 4.10. The van der Waals surface area contributed by atoms with E-state index < -0.39 is 0 Å². The third-order valence-electron chi connectivity index (χ3n) is 6.34. The van der Waals surface area contributed by atoms with Crippen LogP contribution in [-0.2, 0) is 24.2 Å². The molecule has 5 rings (SSSR count). The molecule has 0 saturated carbocycles. The molecule has 1 amide bonds. The average molecular weight is 450 g/mol. The van der Waals surface area contributed by atoms with Crippen LogP contribution in [0, 0.1) is 5.92 Å². The number of carbonyl (C=O) groups excluding carboxylic acids is 1. The van der Waals surface area contributed by atoms with Crippen LogP contribution in [0.25, 0.3) is 10.2 Å². The van der Waals surface area contributed by atoms with E-state index in [0.29, 0.717) is 6.54 Å². The largest absolute Gasteiger partial charge is 0.495 e. The minimum atomic E-state index is 0.0487. The standard InChI is InChI=1S/C24H27N5O2S/c1-4-7-29(2)24(30)14-5-6-17-20(10-14)32-23-21(17)22(26-13-27-23)28-18-8-15-11-25-12-16(15)9-19(18)31-3/h8-9,11,13-14H,4-7,10,12H2,1-3H3,(H,26,27,28)/t14-/m0/s1. The molecule has 7 nitrogen and oxygen atoms in total. The fourth-order valence-electron chi connectivity index (χ4n) is 4.71. The molecule has 0 unspecified atom stereocenters. The van der Waals surface area contributed by atoms with Crippen molar-refractivity contribution in [3.05, 3.63) is 40.0 Å². The Balaban J connectivity index is 1.48. The van der Waals surface area contributed by atoms with Crippen molar-refractivity contribution in [2.75, 3.05) is 26.0 Å². The van der Waals surface area contributed by atoms with E-state index in [1.807, 2.05) is 24.2 Å². The van der Waals surface area contributed by atoms with Gasteiger partial charge in [-0.2, -0.15) is 0 Å². The van der Waals surface area contributed by atoms with Crippen LogP contribution in [0.4, 0.5) is 11.5 Å². The lowest BCUT2D eigenvalue weighted by Gasteiger charge is -2.26. The minimum Gasteiger partial charge on any atom is -0.495 e. The number of amides is 1. The van der Waals surface area contributed by atoms with Gasteiger partial charge in [0.25, 0.3) is 0 Å². The molecule has 1 aromatic carbocycles. The van der Waals surface area contributed by atoms with Gasteiger partial charge in [0.05, 0.1) is 24.7 Å². The van der Waals surface area contributed by atoms with Gasteiger partial charge in [0.2, 0.25) is 5.91 Å². The molecule has 166 valence electrons. The van der Waals surface area contributed by atoms with E-state index in [2.05, 4.69) is 33.3 Å². The number of rotatable bonds is 6. The Morgan fingerprint density at radius 1 is 1.34 bits per heavy atom. The zero-order valence-corrected chi connectivity index (χ0v) is 19.5. The number of ether oxygens (including phenoxy) is 1. The Morgan fingerprint density at radius 3 is 3.03 bits per heavy atom. The number of carbonyl (C=O) groups is 1. The van der Waals surface area contributed by atoms with E-state index in [1.165, 1.54) is 10.4 Å². The number of methoxy groups -OCH3 is 1. The molecule has 2 aromatic heterocycles. The van der Waals surface area contributed by atoms with Gasteiger partial charge >= 0.3 is 0 Å². The summed E-state index contributed by atoms with van der Waals surface area (Å²) >= 11 is 1.69. The first-order chi connectivity index (χ1) is 15.6. The number of thiophene rings is 1. The van der Waals surface area contributed by atoms with Crippen LogP contribution in [-0.4, -0.2) is 47.7 Å². The molecule has 1 atom stereocenters. The third kappa shape index (κ3) is 3.62. The summed E-state index contributed by atoms with van der Waals surface area (Å²) in [5.74, 6) is 1.86. The van der Waals surface area contributed by atoms with Crippen molar-refractivity contribution in [1.29, 1.82) is 0 Å². The molecule has 3 heterocycles. The van der Waals surface area contributed by atoms with E-state index in [1.54, 1.807) is 24.8 Å². The van der Waals surface area contributed by atoms with Crippen LogP contribution < -0.4 is 10.1 Å². The topological polar surface area (TPSA) is 79.7 Å². The van der Waals surface area contributed by atoms with Crippen LogP contribution >= 0.6 is 11.3 Å². The fraction of sp³-hybridized carbons (Fsp3) is 0.417. The van der Waals surface area contributed by atoms with Crippen molar-refractivity contribution in [2.45, 2.75) is 39.2 Å². The van der Waals surface area contributed by atoms with Crippen molar-refractivity contribution in [1.82, 2.24) is 14.9 Å². The van der Waals surface area contributed by atoms with Crippen LogP contribution in [0.2, 0.25) is 0 Å². The molecule has 0 bridgehead atoms. The van der Waals surface area contributed by atoms with Gasteiger partial charge < -0.3 is 15.0 Å². The molecule has 0 spiro atoms. The molecule has 0 saturated heterocycles. The summed E-state index contributed by atoms with van der Waals surface area (Å²) in [5.41, 5.74) is 4.40. The highest BCUT2D eigenvalue weighted by Crippen LogP contribution is 2.42. The summed E-state index contributed by atoms with van der Waals surface area (Å²) < 4.78 is 5.63. The monoisotopic (exact) mass is 449 g/mol. The van der Waals surface area contributed by atoms with Crippen LogP contribution in [0.5, 0.6) is 5.75 Å². The second kappa shape index (κ2) is 8.50.